The Balaban J connectivity index is 1.52. The molecule has 1 saturated heterocycles. The molecule has 0 amide bonds. The Hall–Kier alpha value is -0.680. The summed E-state index contributed by atoms with van der Waals surface area (Å²) in [6.07, 6.45) is 14.8. The van der Waals surface area contributed by atoms with E-state index in [9.17, 15) is 5.11 Å². The lowest BCUT2D eigenvalue weighted by molar-refractivity contribution is -0.225. The molecule has 3 saturated carbocycles. The first-order chi connectivity index (χ1) is 16.8. The average Bonchev–Trinajstić information content (AvgIpc) is 3.19. The minimum absolute atomic E-state index is 0.00950. The molecule has 0 aromatic heterocycles. The molecule has 4 nitrogen and oxygen atoms in total. The van der Waals surface area contributed by atoms with Crippen LogP contribution in [-0.4, -0.2) is 43.4 Å². The summed E-state index contributed by atoms with van der Waals surface area (Å²) >= 11 is 0. The van der Waals surface area contributed by atoms with Gasteiger partial charge in [0.2, 0.25) is 0 Å². The standard InChI is InChI=1S/C32H52O4/c1-20(2)18-22(34-8)19-21(3)23-12-14-30(7)24-13-15-32-25(10-11-26(33)28(32,4)5)31(24,27(35-9)36-32)17-16-29(23,30)6/h13,15,18,21-27,33H,10-12,14,16-17,19H2,1-9H3/t21-,22?,23?,24-,25+,26?,27-,29?,30+,31?,32?/m1/s1. The molecule has 204 valence electrons. The maximum absolute atomic E-state index is 11.1. The van der Waals surface area contributed by atoms with E-state index < -0.39 is 5.60 Å². The van der Waals surface area contributed by atoms with Crippen LogP contribution < -0.4 is 0 Å². The molecule has 6 unspecified atom stereocenters. The summed E-state index contributed by atoms with van der Waals surface area (Å²) in [5.41, 5.74) is 1.04. The summed E-state index contributed by atoms with van der Waals surface area (Å²) in [5.74, 6) is 2.14. The largest absolute Gasteiger partial charge is 0.392 e. The number of hydrogen-bond acceptors (Lipinski definition) is 4. The minimum Gasteiger partial charge on any atom is -0.392 e. The lowest BCUT2D eigenvalue weighted by Gasteiger charge is -2.65. The van der Waals surface area contributed by atoms with Gasteiger partial charge in [0.15, 0.2) is 6.29 Å². The predicted octanol–water partition coefficient (Wildman–Crippen LogP) is 6.92. The molecular formula is C32H52O4. The van der Waals surface area contributed by atoms with Crippen LogP contribution in [0.3, 0.4) is 0 Å². The molecule has 36 heavy (non-hydrogen) atoms. The van der Waals surface area contributed by atoms with E-state index in [4.69, 9.17) is 14.2 Å². The molecule has 0 aromatic carbocycles. The molecular weight excluding hydrogens is 448 g/mol. The van der Waals surface area contributed by atoms with Crippen molar-refractivity contribution in [2.45, 2.75) is 118 Å². The SMILES string of the molecule is COC(C=C(C)C)C[C@@H](C)C1CC[C@@]2(C)[C@H]3C=CC45O[C@@H](OC)C3(CCC12C)[C@@H]4CCC(O)C5(C)C. The van der Waals surface area contributed by atoms with E-state index in [-0.39, 0.29) is 40.2 Å². The van der Waals surface area contributed by atoms with Crippen molar-refractivity contribution in [3.63, 3.8) is 0 Å². The second-order valence-electron chi connectivity index (χ2n) is 14.5. The van der Waals surface area contributed by atoms with Crippen LogP contribution in [0.25, 0.3) is 0 Å². The van der Waals surface area contributed by atoms with Gasteiger partial charge in [-0.3, -0.25) is 0 Å². The second kappa shape index (κ2) is 8.66. The maximum atomic E-state index is 11.1. The zero-order valence-corrected chi connectivity index (χ0v) is 24.4. The smallest absolute Gasteiger partial charge is 0.164 e. The Morgan fingerprint density at radius 3 is 2.42 bits per heavy atom. The van der Waals surface area contributed by atoms with Crippen molar-refractivity contribution in [3.8, 4) is 0 Å². The van der Waals surface area contributed by atoms with Gasteiger partial charge in [0.25, 0.3) is 0 Å². The van der Waals surface area contributed by atoms with E-state index in [0.29, 0.717) is 23.7 Å². The number of aliphatic hydroxyl groups excluding tert-OH is 1. The Bertz CT molecular complexity index is 919. The molecule has 1 N–H and O–H groups in total. The highest BCUT2D eigenvalue weighted by Crippen LogP contribution is 2.78. The average molecular weight is 501 g/mol. The summed E-state index contributed by atoms with van der Waals surface area (Å²) in [7, 11) is 3.70. The Morgan fingerprint density at radius 1 is 1.06 bits per heavy atom. The maximum Gasteiger partial charge on any atom is 0.164 e. The van der Waals surface area contributed by atoms with Gasteiger partial charge in [-0.2, -0.15) is 0 Å². The molecule has 4 heteroatoms. The molecule has 2 bridgehead atoms. The first-order valence-electron chi connectivity index (χ1n) is 14.6. The number of allylic oxidation sites excluding steroid dienone is 2. The van der Waals surface area contributed by atoms with E-state index >= 15 is 0 Å². The van der Waals surface area contributed by atoms with Gasteiger partial charge >= 0.3 is 0 Å². The van der Waals surface area contributed by atoms with Crippen LogP contribution in [0.5, 0.6) is 0 Å². The number of ether oxygens (including phenoxy) is 3. The van der Waals surface area contributed by atoms with Crippen LogP contribution in [0.1, 0.15) is 93.4 Å². The van der Waals surface area contributed by atoms with Gasteiger partial charge in [0.05, 0.1) is 12.2 Å². The highest BCUT2D eigenvalue weighted by Gasteiger charge is 2.78. The highest BCUT2D eigenvalue weighted by atomic mass is 16.7. The van der Waals surface area contributed by atoms with Crippen LogP contribution in [0, 0.1) is 45.3 Å². The van der Waals surface area contributed by atoms with Crippen LogP contribution in [0.4, 0.5) is 0 Å². The van der Waals surface area contributed by atoms with E-state index in [1.165, 1.54) is 24.8 Å². The third-order valence-corrected chi connectivity index (χ3v) is 12.8. The fourth-order valence-corrected chi connectivity index (χ4v) is 10.6. The van der Waals surface area contributed by atoms with Gasteiger partial charge in [-0.25, -0.2) is 0 Å². The van der Waals surface area contributed by atoms with Gasteiger partial charge in [0, 0.05) is 31.0 Å². The fraction of sp³-hybridized carbons (Fsp3) is 0.875. The van der Waals surface area contributed by atoms with Crippen LogP contribution in [-0.2, 0) is 14.2 Å². The van der Waals surface area contributed by atoms with Gasteiger partial charge < -0.3 is 19.3 Å². The third-order valence-electron chi connectivity index (χ3n) is 12.8. The molecule has 1 heterocycles. The predicted molar refractivity (Wildman–Crippen MR) is 144 cm³/mol. The molecule has 5 rings (SSSR count). The van der Waals surface area contributed by atoms with Crippen molar-refractivity contribution < 1.29 is 19.3 Å². The molecule has 0 aromatic rings. The summed E-state index contributed by atoms with van der Waals surface area (Å²) < 4.78 is 19.1. The van der Waals surface area contributed by atoms with Gasteiger partial charge in [-0.15, -0.1) is 0 Å². The summed E-state index contributed by atoms with van der Waals surface area (Å²) in [6.45, 7) is 16.4. The lowest BCUT2D eigenvalue weighted by Crippen LogP contribution is -2.65. The molecule has 4 fully saturated rings. The molecule has 0 radical (unpaired) electrons. The second-order valence-corrected chi connectivity index (χ2v) is 14.5. The molecule has 11 atom stereocenters. The van der Waals surface area contributed by atoms with Crippen LogP contribution in [0.15, 0.2) is 23.8 Å². The van der Waals surface area contributed by atoms with Crippen molar-refractivity contribution in [2.24, 2.45) is 45.3 Å². The first-order valence-corrected chi connectivity index (χ1v) is 14.6. The van der Waals surface area contributed by atoms with E-state index in [1.54, 1.807) is 0 Å². The zero-order valence-electron chi connectivity index (χ0n) is 24.4. The van der Waals surface area contributed by atoms with Crippen molar-refractivity contribution in [3.05, 3.63) is 23.8 Å². The number of rotatable bonds is 6. The first kappa shape index (κ1) is 26.9. The summed E-state index contributed by atoms with van der Waals surface area (Å²) in [6, 6.07) is 0. The molecule has 4 aliphatic carbocycles. The van der Waals surface area contributed by atoms with E-state index in [2.05, 4.69) is 66.7 Å². The normalized spacial score (nSPS) is 50.1. The summed E-state index contributed by atoms with van der Waals surface area (Å²) in [5, 5.41) is 11.1. The van der Waals surface area contributed by atoms with E-state index in [0.717, 1.165) is 25.7 Å². The number of hydrogen-bond donors (Lipinski definition) is 1. The van der Waals surface area contributed by atoms with Crippen LogP contribution >= 0.6 is 0 Å². The Morgan fingerprint density at radius 2 is 1.78 bits per heavy atom. The monoisotopic (exact) mass is 500 g/mol. The Kier molecular flexibility index (Phi) is 6.48. The molecule has 5 aliphatic rings. The van der Waals surface area contributed by atoms with Gasteiger partial charge in [-0.05, 0) is 87.4 Å². The number of methoxy groups -OCH3 is 2. The van der Waals surface area contributed by atoms with Crippen molar-refractivity contribution in [1.82, 2.24) is 0 Å². The zero-order chi connectivity index (χ0) is 26.3. The Labute approximate surface area is 220 Å². The third kappa shape index (κ3) is 3.20. The minimum atomic E-state index is -0.437. The lowest BCUT2D eigenvalue weighted by atomic mass is 9.38. The quantitative estimate of drug-likeness (QED) is 0.402. The number of aliphatic hydroxyl groups is 1. The van der Waals surface area contributed by atoms with Crippen LogP contribution in [0.2, 0.25) is 0 Å². The van der Waals surface area contributed by atoms with Crippen molar-refractivity contribution in [1.29, 1.82) is 0 Å². The molecule has 1 aliphatic heterocycles. The fourth-order valence-electron chi connectivity index (χ4n) is 10.6. The summed E-state index contributed by atoms with van der Waals surface area (Å²) in [4.78, 5) is 0. The highest BCUT2D eigenvalue weighted by molar-refractivity contribution is 5.34. The van der Waals surface area contributed by atoms with Crippen molar-refractivity contribution in [2.75, 3.05) is 14.2 Å². The molecule has 1 spiro atoms. The van der Waals surface area contributed by atoms with Gasteiger partial charge in [-0.1, -0.05) is 58.4 Å². The van der Waals surface area contributed by atoms with E-state index in [1.807, 2.05) is 14.2 Å². The van der Waals surface area contributed by atoms with Gasteiger partial charge in [0.1, 0.15) is 5.60 Å². The topological polar surface area (TPSA) is 47.9 Å². The van der Waals surface area contributed by atoms with Crippen molar-refractivity contribution >= 4 is 0 Å². The number of fused-ring (bicyclic) bond motifs is 2.